The van der Waals surface area contributed by atoms with E-state index >= 15 is 0 Å². The van der Waals surface area contributed by atoms with Crippen LogP contribution in [-0.2, 0) is 4.74 Å². The minimum atomic E-state index is 0.219. The number of hydrogen-bond acceptors (Lipinski definition) is 1. The van der Waals surface area contributed by atoms with Gasteiger partial charge in [-0.15, -0.1) is 0 Å². The normalized spacial score (nSPS) is 27.9. The Morgan fingerprint density at radius 3 is 2.00 bits per heavy atom. The SMILES string of the molecule is CC.CC1CCC(C)CC1.CCCC1=C[CH]C(OCCC2CCCC2)C=C1. The van der Waals surface area contributed by atoms with Gasteiger partial charge in [-0.3, -0.25) is 0 Å². The molecule has 0 bridgehead atoms. The second-order valence-corrected chi connectivity index (χ2v) is 8.68. The summed E-state index contributed by atoms with van der Waals surface area (Å²) in [6.07, 6.45) is 24.3. The van der Waals surface area contributed by atoms with Gasteiger partial charge in [-0.05, 0) is 30.6 Å². The molecular weight excluding hydrogens is 328 g/mol. The average Bonchev–Trinajstić information content (AvgIpc) is 3.21. The van der Waals surface area contributed by atoms with E-state index in [1.165, 1.54) is 76.2 Å². The van der Waals surface area contributed by atoms with E-state index in [0.29, 0.717) is 0 Å². The molecule has 1 heteroatoms. The number of allylic oxidation sites excluding steroid dienone is 2. The number of rotatable bonds is 6. The van der Waals surface area contributed by atoms with E-state index in [4.69, 9.17) is 4.74 Å². The molecule has 0 amide bonds. The van der Waals surface area contributed by atoms with Crippen molar-refractivity contribution in [3.05, 3.63) is 30.2 Å². The molecule has 1 nitrogen and oxygen atoms in total. The third-order valence-electron chi connectivity index (χ3n) is 6.15. The van der Waals surface area contributed by atoms with Gasteiger partial charge in [0.1, 0.15) is 0 Å². The molecule has 0 aliphatic heterocycles. The van der Waals surface area contributed by atoms with Gasteiger partial charge in [0.05, 0.1) is 6.10 Å². The lowest BCUT2D eigenvalue weighted by molar-refractivity contribution is 0.0953. The summed E-state index contributed by atoms with van der Waals surface area (Å²) in [5.41, 5.74) is 1.43. The van der Waals surface area contributed by atoms with Crippen molar-refractivity contribution in [3.8, 4) is 0 Å². The molecule has 0 aromatic carbocycles. The first kappa shape index (κ1) is 24.5. The Morgan fingerprint density at radius 1 is 0.926 bits per heavy atom. The molecule has 1 radical (unpaired) electrons. The van der Waals surface area contributed by atoms with E-state index in [1.807, 2.05) is 13.8 Å². The van der Waals surface area contributed by atoms with E-state index in [1.54, 1.807) is 0 Å². The summed E-state index contributed by atoms with van der Waals surface area (Å²) in [6.45, 7) is 11.9. The Hall–Kier alpha value is -0.560. The summed E-state index contributed by atoms with van der Waals surface area (Å²) in [5.74, 6) is 2.98. The number of ether oxygens (including phenoxy) is 1. The summed E-state index contributed by atoms with van der Waals surface area (Å²) in [5, 5.41) is 0. The molecule has 1 atom stereocenters. The lowest BCUT2D eigenvalue weighted by Crippen LogP contribution is -2.14. The van der Waals surface area contributed by atoms with Gasteiger partial charge < -0.3 is 4.74 Å². The van der Waals surface area contributed by atoms with E-state index in [-0.39, 0.29) is 6.10 Å². The molecule has 3 rings (SSSR count). The first-order valence-corrected chi connectivity index (χ1v) is 12.0. The molecule has 2 saturated carbocycles. The van der Waals surface area contributed by atoms with Gasteiger partial charge in [-0.1, -0.05) is 116 Å². The van der Waals surface area contributed by atoms with Crippen LogP contribution in [0.1, 0.15) is 105 Å². The first-order valence-electron chi connectivity index (χ1n) is 12.0. The van der Waals surface area contributed by atoms with Crippen LogP contribution in [0.4, 0.5) is 0 Å². The Bertz CT molecular complexity index is 384. The molecule has 0 aromatic heterocycles. The standard InChI is InChI=1S/C16H25O.C8H16.C2H6/c1-2-5-14-8-10-16(11-9-14)17-13-12-15-6-3-4-7-15;1-7-3-5-8(2)6-4-7;1-2/h8-11,15-16H,2-7,12-13H2,1H3;7-8H,3-6H2,1-2H3;1-2H3. The zero-order valence-corrected chi connectivity index (χ0v) is 19.0. The molecule has 0 heterocycles. The highest BCUT2D eigenvalue weighted by atomic mass is 16.5. The lowest BCUT2D eigenvalue weighted by Gasteiger charge is -2.22. The highest BCUT2D eigenvalue weighted by molar-refractivity contribution is 5.30. The molecule has 2 fully saturated rings. The van der Waals surface area contributed by atoms with Crippen LogP contribution in [0.2, 0.25) is 0 Å². The second-order valence-electron chi connectivity index (χ2n) is 8.68. The monoisotopic (exact) mass is 375 g/mol. The zero-order valence-electron chi connectivity index (χ0n) is 19.0. The van der Waals surface area contributed by atoms with Gasteiger partial charge in [-0.2, -0.15) is 0 Å². The molecule has 0 saturated heterocycles. The first-order chi connectivity index (χ1) is 13.2. The van der Waals surface area contributed by atoms with Crippen LogP contribution in [-0.4, -0.2) is 12.7 Å². The average molecular weight is 376 g/mol. The molecule has 0 N–H and O–H groups in total. The van der Waals surface area contributed by atoms with Gasteiger partial charge >= 0.3 is 0 Å². The molecule has 157 valence electrons. The Morgan fingerprint density at radius 2 is 1.52 bits per heavy atom. The molecule has 0 spiro atoms. The van der Waals surface area contributed by atoms with Gasteiger partial charge in [0.25, 0.3) is 0 Å². The van der Waals surface area contributed by atoms with Crippen molar-refractivity contribution in [1.29, 1.82) is 0 Å². The van der Waals surface area contributed by atoms with Crippen molar-refractivity contribution in [2.24, 2.45) is 17.8 Å². The summed E-state index contributed by atoms with van der Waals surface area (Å²) in [4.78, 5) is 0. The van der Waals surface area contributed by atoms with Crippen LogP contribution in [0, 0.1) is 24.2 Å². The summed E-state index contributed by atoms with van der Waals surface area (Å²) in [6, 6.07) is 0. The van der Waals surface area contributed by atoms with Crippen molar-refractivity contribution in [3.63, 3.8) is 0 Å². The van der Waals surface area contributed by atoms with Crippen LogP contribution in [0.3, 0.4) is 0 Å². The summed E-state index contributed by atoms with van der Waals surface area (Å²) < 4.78 is 5.88. The smallest absolute Gasteiger partial charge is 0.0828 e. The molecule has 3 aliphatic carbocycles. The topological polar surface area (TPSA) is 9.23 Å². The van der Waals surface area contributed by atoms with Crippen molar-refractivity contribution in [2.75, 3.05) is 6.61 Å². The third kappa shape index (κ3) is 11.1. The predicted octanol–water partition coefficient (Wildman–Crippen LogP) is 8.31. The fraction of sp³-hybridized carbons (Fsp3) is 0.808. The maximum Gasteiger partial charge on any atom is 0.0828 e. The zero-order chi connectivity index (χ0) is 19.9. The van der Waals surface area contributed by atoms with E-state index < -0.39 is 0 Å². The fourth-order valence-electron chi connectivity index (χ4n) is 4.22. The van der Waals surface area contributed by atoms with Gasteiger partial charge in [0, 0.05) is 13.0 Å². The minimum absolute atomic E-state index is 0.219. The van der Waals surface area contributed by atoms with E-state index in [2.05, 4.69) is 45.4 Å². The van der Waals surface area contributed by atoms with Crippen LogP contribution in [0.15, 0.2) is 23.8 Å². The Balaban J connectivity index is 0.000000305. The largest absolute Gasteiger partial charge is 0.373 e. The summed E-state index contributed by atoms with van der Waals surface area (Å²) in [7, 11) is 0. The lowest BCUT2D eigenvalue weighted by atomic mass is 9.84. The van der Waals surface area contributed by atoms with Crippen LogP contribution in [0.25, 0.3) is 0 Å². The van der Waals surface area contributed by atoms with Crippen molar-refractivity contribution >= 4 is 0 Å². The second kappa shape index (κ2) is 15.4. The minimum Gasteiger partial charge on any atom is -0.373 e. The van der Waals surface area contributed by atoms with Gasteiger partial charge in [0.15, 0.2) is 0 Å². The Kier molecular flexibility index (Phi) is 13.9. The van der Waals surface area contributed by atoms with Crippen LogP contribution >= 0.6 is 0 Å². The van der Waals surface area contributed by atoms with Gasteiger partial charge in [0.2, 0.25) is 0 Å². The quantitative estimate of drug-likeness (QED) is 0.453. The van der Waals surface area contributed by atoms with E-state index in [9.17, 15) is 0 Å². The molecule has 27 heavy (non-hydrogen) atoms. The predicted molar refractivity (Wildman–Crippen MR) is 121 cm³/mol. The van der Waals surface area contributed by atoms with Crippen LogP contribution in [0.5, 0.6) is 0 Å². The van der Waals surface area contributed by atoms with Crippen molar-refractivity contribution in [1.82, 2.24) is 0 Å². The maximum absolute atomic E-state index is 5.88. The van der Waals surface area contributed by atoms with Crippen molar-refractivity contribution in [2.45, 2.75) is 111 Å². The van der Waals surface area contributed by atoms with Crippen molar-refractivity contribution < 1.29 is 4.74 Å². The molecule has 1 unspecified atom stereocenters. The van der Waals surface area contributed by atoms with E-state index in [0.717, 1.165) is 24.4 Å². The number of hydrogen-bond donors (Lipinski definition) is 0. The third-order valence-corrected chi connectivity index (χ3v) is 6.15. The highest BCUT2D eigenvalue weighted by Gasteiger charge is 2.16. The highest BCUT2D eigenvalue weighted by Crippen LogP contribution is 2.28. The summed E-state index contributed by atoms with van der Waals surface area (Å²) >= 11 is 0. The molecule has 0 aromatic rings. The molecular formula is C26H47O. The molecule has 3 aliphatic rings. The van der Waals surface area contributed by atoms with Crippen LogP contribution < -0.4 is 0 Å². The Labute approximate surface area is 171 Å². The fourth-order valence-corrected chi connectivity index (χ4v) is 4.22. The maximum atomic E-state index is 5.88. The van der Waals surface area contributed by atoms with Gasteiger partial charge in [-0.25, -0.2) is 0 Å².